The van der Waals surface area contributed by atoms with E-state index in [-0.39, 0.29) is 17.9 Å². The van der Waals surface area contributed by atoms with Gasteiger partial charge in [-0.1, -0.05) is 12.8 Å². The SMILES string of the molecule is O=C(NCCCNC(=O)N1CC2CCCC2C1)C1CCC1. The molecule has 0 aromatic carbocycles. The lowest BCUT2D eigenvalue weighted by atomic mass is 9.85. The van der Waals surface area contributed by atoms with Crippen LogP contribution in [0.4, 0.5) is 4.79 Å². The Morgan fingerprint density at radius 3 is 2.14 bits per heavy atom. The second kappa shape index (κ2) is 6.67. The van der Waals surface area contributed by atoms with Gasteiger partial charge in [-0.25, -0.2) is 4.79 Å². The van der Waals surface area contributed by atoms with Gasteiger partial charge in [0.15, 0.2) is 0 Å². The van der Waals surface area contributed by atoms with E-state index in [2.05, 4.69) is 10.6 Å². The van der Waals surface area contributed by atoms with E-state index >= 15 is 0 Å². The molecule has 21 heavy (non-hydrogen) atoms. The van der Waals surface area contributed by atoms with E-state index in [4.69, 9.17) is 0 Å². The average molecular weight is 293 g/mol. The van der Waals surface area contributed by atoms with E-state index in [1.807, 2.05) is 4.90 Å². The maximum Gasteiger partial charge on any atom is 0.317 e. The molecule has 2 N–H and O–H groups in total. The first-order valence-corrected chi connectivity index (χ1v) is 8.54. The largest absolute Gasteiger partial charge is 0.356 e. The van der Waals surface area contributed by atoms with Crippen LogP contribution in [0.15, 0.2) is 0 Å². The summed E-state index contributed by atoms with van der Waals surface area (Å²) in [4.78, 5) is 25.7. The molecule has 5 nitrogen and oxygen atoms in total. The fourth-order valence-corrected chi connectivity index (χ4v) is 3.82. The van der Waals surface area contributed by atoms with Crippen molar-refractivity contribution in [3.05, 3.63) is 0 Å². The second-order valence-corrected chi connectivity index (χ2v) is 6.86. The van der Waals surface area contributed by atoms with Gasteiger partial charge >= 0.3 is 6.03 Å². The van der Waals surface area contributed by atoms with Gasteiger partial charge in [0.25, 0.3) is 0 Å². The van der Waals surface area contributed by atoms with Gasteiger partial charge in [0, 0.05) is 32.1 Å². The molecule has 3 rings (SSSR count). The first-order valence-electron chi connectivity index (χ1n) is 8.54. The molecule has 2 aliphatic carbocycles. The molecular formula is C16H27N3O2. The van der Waals surface area contributed by atoms with Crippen molar-refractivity contribution in [1.82, 2.24) is 15.5 Å². The standard InChI is InChI=1S/C16H27N3O2/c20-15(12-4-1-5-12)17-8-3-9-18-16(21)19-10-13-6-2-7-14(13)11-19/h12-14H,1-11H2,(H,17,20)(H,18,21). The minimum Gasteiger partial charge on any atom is -0.356 e. The normalized spacial score (nSPS) is 28.1. The van der Waals surface area contributed by atoms with E-state index < -0.39 is 0 Å². The van der Waals surface area contributed by atoms with Crippen LogP contribution in [-0.2, 0) is 4.79 Å². The third-order valence-electron chi connectivity index (χ3n) is 5.42. The van der Waals surface area contributed by atoms with E-state index in [0.717, 1.165) is 44.2 Å². The zero-order chi connectivity index (χ0) is 14.7. The number of amides is 3. The molecule has 3 amide bonds. The van der Waals surface area contributed by atoms with E-state index in [1.54, 1.807) is 0 Å². The summed E-state index contributed by atoms with van der Waals surface area (Å²) >= 11 is 0. The fraction of sp³-hybridized carbons (Fsp3) is 0.875. The van der Waals surface area contributed by atoms with Gasteiger partial charge in [-0.15, -0.1) is 0 Å². The molecule has 118 valence electrons. The molecular weight excluding hydrogens is 266 g/mol. The molecule has 1 aliphatic heterocycles. The van der Waals surface area contributed by atoms with Crippen molar-refractivity contribution in [2.24, 2.45) is 17.8 Å². The summed E-state index contributed by atoms with van der Waals surface area (Å²) in [5, 5.41) is 5.94. The highest BCUT2D eigenvalue weighted by Crippen LogP contribution is 2.37. The molecule has 1 saturated heterocycles. The lowest BCUT2D eigenvalue weighted by Crippen LogP contribution is -2.40. The Morgan fingerprint density at radius 2 is 1.52 bits per heavy atom. The van der Waals surface area contributed by atoms with Gasteiger partial charge in [0.2, 0.25) is 5.91 Å². The monoisotopic (exact) mass is 293 g/mol. The van der Waals surface area contributed by atoms with Crippen LogP contribution in [0.5, 0.6) is 0 Å². The minimum atomic E-state index is 0.0784. The van der Waals surface area contributed by atoms with Gasteiger partial charge in [0.1, 0.15) is 0 Å². The number of rotatable bonds is 5. The number of nitrogens with zero attached hydrogens (tertiary/aromatic N) is 1. The summed E-state index contributed by atoms with van der Waals surface area (Å²) in [6, 6.07) is 0.0784. The Hall–Kier alpha value is -1.26. The van der Waals surface area contributed by atoms with Gasteiger partial charge in [0.05, 0.1) is 0 Å². The summed E-state index contributed by atoms with van der Waals surface area (Å²) < 4.78 is 0. The van der Waals surface area contributed by atoms with Gasteiger partial charge < -0.3 is 15.5 Å². The zero-order valence-corrected chi connectivity index (χ0v) is 12.8. The topological polar surface area (TPSA) is 61.4 Å². The van der Waals surface area contributed by atoms with Crippen molar-refractivity contribution in [3.63, 3.8) is 0 Å². The molecule has 2 saturated carbocycles. The van der Waals surface area contributed by atoms with Crippen LogP contribution < -0.4 is 10.6 Å². The maximum atomic E-state index is 12.1. The minimum absolute atomic E-state index is 0.0784. The van der Waals surface area contributed by atoms with Crippen molar-refractivity contribution >= 4 is 11.9 Å². The van der Waals surface area contributed by atoms with Crippen LogP contribution in [0.1, 0.15) is 44.9 Å². The number of hydrogen-bond donors (Lipinski definition) is 2. The van der Waals surface area contributed by atoms with Crippen LogP contribution in [-0.4, -0.2) is 43.0 Å². The Labute approximate surface area is 126 Å². The third kappa shape index (κ3) is 3.50. The fourth-order valence-electron chi connectivity index (χ4n) is 3.82. The zero-order valence-electron chi connectivity index (χ0n) is 12.8. The summed E-state index contributed by atoms with van der Waals surface area (Å²) in [6.45, 7) is 3.19. The first kappa shape index (κ1) is 14.7. The highest BCUT2D eigenvalue weighted by Gasteiger charge is 2.37. The molecule has 0 aromatic heterocycles. The summed E-state index contributed by atoms with van der Waals surface area (Å²) in [5.41, 5.74) is 0. The maximum absolute atomic E-state index is 12.1. The van der Waals surface area contributed by atoms with Gasteiger partial charge in [-0.05, 0) is 43.9 Å². The molecule has 0 radical (unpaired) electrons. The molecule has 2 atom stereocenters. The highest BCUT2D eigenvalue weighted by molar-refractivity contribution is 5.79. The van der Waals surface area contributed by atoms with Crippen LogP contribution in [0.3, 0.4) is 0 Å². The van der Waals surface area contributed by atoms with Crippen molar-refractivity contribution < 1.29 is 9.59 Å². The number of nitrogens with one attached hydrogen (secondary N) is 2. The van der Waals surface area contributed by atoms with Crippen LogP contribution in [0, 0.1) is 17.8 Å². The van der Waals surface area contributed by atoms with Crippen LogP contribution >= 0.6 is 0 Å². The van der Waals surface area contributed by atoms with Gasteiger partial charge in [-0.2, -0.15) is 0 Å². The van der Waals surface area contributed by atoms with Gasteiger partial charge in [-0.3, -0.25) is 4.79 Å². The number of hydrogen-bond acceptors (Lipinski definition) is 2. The Balaban J connectivity index is 1.25. The molecule has 5 heteroatoms. The van der Waals surface area contributed by atoms with Crippen molar-refractivity contribution in [3.8, 4) is 0 Å². The van der Waals surface area contributed by atoms with Crippen molar-refractivity contribution in [2.75, 3.05) is 26.2 Å². The summed E-state index contributed by atoms with van der Waals surface area (Å²) in [6.07, 6.45) is 8.01. The Bertz CT molecular complexity index is 383. The predicted octanol–water partition coefficient (Wildman–Crippen LogP) is 1.73. The van der Waals surface area contributed by atoms with E-state index in [1.165, 1.54) is 25.7 Å². The average Bonchev–Trinajstić information content (AvgIpc) is 2.96. The van der Waals surface area contributed by atoms with Crippen molar-refractivity contribution in [1.29, 1.82) is 0 Å². The number of carbonyl (C=O) groups is 2. The third-order valence-corrected chi connectivity index (χ3v) is 5.42. The Kier molecular flexibility index (Phi) is 4.66. The number of urea groups is 1. The Morgan fingerprint density at radius 1 is 0.905 bits per heavy atom. The molecule has 3 aliphatic rings. The number of carbonyl (C=O) groups excluding carboxylic acids is 2. The summed E-state index contributed by atoms with van der Waals surface area (Å²) in [7, 11) is 0. The molecule has 0 spiro atoms. The second-order valence-electron chi connectivity index (χ2n) is 6.86. The van der Waals surface area contributed by atoms with E-state index in [9.17, 15) is 9.59 Å². The molecule has 1 heterocycles. The van der Waals surface area contributed by atoms with Crippen LogP contribution in [0.2, 0.25) is 0 Å². The molecule has 3 fully saturated rings. The quantitative estimate of drug-likeness (QED) is 0.758. The predicted molar refractivity (Wildman–Crippen MR) is 80.8 cm³/mol. The lowest BCUT2D eigenvalue weighted by Gasteiger charge is -2.24. The summed E-state index contributed by atoms with van der Waals surface area (Å²) in [5.74, 6) is 1.94. The van der Waals surface area contributed by atoms with Crippen LogP contribution in [0.25, 0.3) is 0 Å². The molecule has 2 unspecified atom stereocenters. The lowest BCUT2D eigenvalue weighted by molar-refractivity contribution is -0.127. The molecule has 0 aromatic rings. The number of fused-ring (bicyclic) bond motifs is 1. The highest BCUT2D eigenvalue weighted by atomic mass is 16.2. The first-order chi connectivity index (χ1) is 10.2. The molecule has 0 bridgehead atoms. The number of likely N-dealkylation sites (tertiary alicyclic amines) is 1. The van der Waals surface area contributed by atoms with Crippen molar-refractivity contribution in [2.45, 2.75) is 44.9 Å². The van der Waals surface area contributed by atoms with E-state index in [0.29, 0.717) is 13.1 Å². The smallest absolute Gasteiger partial charge is 0.317 e.